The van der Waals surface area contributed by atoms with Gasteiger partial charge in [-0.05, 0) is 41.0 Å². The van der Waals surface area contributed by atoms with Crippen molar-refractivity contribution in [1.82, 2.24) is 4.90 Å². The van der Waals surface area contributed by atoms with Gasteiger partial charge in [0.25, 0.3) is 0 Å². The van der Waals surface area contributed by atoms with Crippen LogP contribution in [-0.4, -0.2) is 29.6 Å². The molecule has 0 bridgehead atoms. The van der Waals surface area contributed by atoms with Crippen LogP contribution in [0, 0.1) is 11.8 Å². The van der Waals surface area contributed by atoms with Crippen molar-refractivity contribution in [2.75, 3.05) is 13.6 Å². The van der Waals surface area contributed by atoms with Crippen LogP contribution in [0.1, 0.15) is 18.7 Å². The van der Waals surface area contributed by atoms with Gasteiger partial charge in [-0.2, -0.15) is 0 Å². The van der Waals surface area contributed by atoms with Crippen molar-refractivity contribution < 1.29 is 9.90 Å². The van der Waals surface area contributed by atoms with Crippen LogP contribution in [-0.2, 0) is 11.3 Å². The van der Waals surface area contributed by atoms with Crippen molar-refractivity contribution in [3.8, 4) is 0 Å². The van der Waals surface area contributed by atoms with Crippen molar-refractivity contribution in [1.29, 1.82) is 0 Å². The zero-order valence-corrected chi connectivity index (χ0v) is 12.7. The van der Waals surface area contributed by atoms with E-state index in [9.17, 15) is 4.79 Å². The van der Waals surface area contributed by atoms with Gasteiger partial charge in [-0.1, -0.05) is 13.8 Å². The van der Waals surface area contributed by atoms with Crippen LogP contribution in [0.3, 0.4) is 0 Å². The first-order chi connectivity index (χ1) is 7.90. The van der Waals surface area contributed by atoms with Gasteiger partial charge in [0.1, 0.15) is 0 Å². The summed E-state index contributed by atoms with van der Waals surface area (Å²) < 4.78 is 1.11. The van der Waals surface area contributed by atoms with E-state index in [2.05, 4.69) is 26.9 Å². The molecule has 1 aromatic rings. The van der Waals surface area contributed by atoms with Crippen molar-refractivity contribution in [3.05, 3.63) is 20.8 Å². The van der Waals surface area contributed by atoms with E-state index in [0.717, 1.165) is 10.3 Å². The minimum absolute atomic E-state index is 0.157. The molecule has 96 valence electrons. The van der Waals surface area contributed by atoms with Gasteiger partial charge in [-0.25, -0.2) is 0 Å². The summed E-state index contributed by atoms with van der Waals surface area (Å²) in [4.78, 5) is 14.4. The Morgan fingerprint density at radius 2 is 2.18 bits per heavy atom. The minimum Gasteiger partial charge on any atom is -0.481 e. The Morgan fingerprint density at radius 1 is 1.53 bits per heavy atom. The molecule has 5 heteroatoms. The number of carboxylic acid groups (broad SMARTS) is 1. The maximum absolute atomic E-state index is 11.1. The van der Waals surface area contributed by atoms with E-state index in [0.29, 0.717) is 6.54 Å². The monoisotopic (exact) mass is 319 g/mol. The van der Waals surface area contributed by atoms with Crippen LogP contribution < -0.4 is 0 Å². The second kappa shape index (κ2) is 6.52. The SMILES string of the molecule is CC(C)C(CN(C)Cc1ccc(Br)s1)C(=O)O. The van der Waals surface area contributed by atoms with Crippen LogP contribution in [0.2, 0.25) is 0 Å². The zero-order chi connectivity index (χ0) is 13.0. The van der Waals surface area contributed by atoms with Crippen molar-refractivity contribution in [2.24, 2.45) is 11.8 Å². The highest BCUT2D eigenvalue weighted by atomic mass is 79.9. The van der Waals surface area contributed by atoms with Crippen LogP contribution in [0.25, 0.3) is 0 Å². The Bertz CT molecular complexity index is 378. The fourth-order valence-corrected chi connectivity index (χ4v) is 3.24. The summed E-state index contributed by atoms with van der Waals surface area (Å²) in [5.74, 6) is -0.854. The fourth-order valence-electron chi connectivity index (χ4n) is 1.68. The molecular formula is C12H18BrNO2S. The normalized spacial score (nSPS) is 13.3. The lowest BCUT2D eigenvalue weighted by Gasteiger charge is -2.23. The molecule has 0 aromatic carbocycles. The average molecular weight is 320 g/mol. The van der Waals surface area contributed by atoms with Crippen molar-refractivity contribution in [2.45, 2.75) is 20.4 Å². The predicted molar refractivity (Wildman–Crippen MR) is 74.3 cm³/mol. The summed E-state index contributed by atoms with van der Waals surface area (Å²) in [6, 6.07) is 4.08. The lowest BCUT2D eigenvalue weighted by atomic mass is 9.95. The fraction of sp³-hybridized carbons (Fsp3) is 0.583. The Morgan fingerprint density at radius 3 is 2.59 bits per heavy atom. The van der Waals surface area contributed by atoms with Crippen LogP contribution in [0.5, 0.6) is 0 Å². The summed E-state index contributed by atoms with van der Waals surface area (Å²) in [6.07, 6.45) is 0. The molecular weight excluding hydrogens is 302 g/mol. The second-order valence-electron chi connectivity index (χ2n) is 4.59. The quantitative estimate of drug-likeness (QED) is 0.874. The van der Waals surface area contributed by atoms with Gasteiger partial charge in [0, 0.05) is 18.0 Å². The number of rotatable bonds is 6. The molecule has 1 atom stereocenters. The molecule has 0 saturated heterocycles. The molecule has 0 spiro atoms. The smallest absolute Gasteiger partial charge is 0.308 e. The Hall–Kier alpha value is -0.390. The molecule has 17 heavy (non-hydrogen) atoms. The topological polar surface area (TPSA) is 40.5 Å². The highest BCUT2D eigenvalue weighted by molar-refractivity contribution is 9.11. The Kier molecular flexibility index (Phi) is 5.62. The number of hydrogen-bond donors (Lipinski definition) is 1. The molecule has 0 saturated carbocycles. The van der Waals surface area contributed by atoms with E-state index in [1.807, 2.05) is 27.0 Å². The molecule has 1 heterocycles. The van der Waals surface area contributed by atoms with Crippen molar-refractivity contribution in [3.63, 3.8) is 0 Å². The molecule has 0 fully saturated rings. The standard InChI is InChI=1S/C12H18BrNO2S/c1-8(2)10(12(15)16)7-14(3)6-9-4-5-11(13)17-9/h4-5,8,10H,6-7H2,1-3H3,(H,15,16). The third kappa shape index (κ3) is 4.77. The minimum atomic E-state index is -0.709. The van der Waals surface area contributed by atoms with Crippen LogP contribution >= 0.6 is 27.3 Å². The summed E-state index contributed by atoms with van der Waals surface area (Å²) in [7, 11) is 1.96. The lowest BCUT2D eigenvalue weighted by Crippen LogP contribution is -2.33. The molecule has 3 nitrogen and oxygen atoms in total. The third-order valence-electron chi connectivity index (χ3n) is 2.68. The first-order valence-corrected chi connectivity index (χ1v) is 7.16. The number of carbonyl (C=O) groups is 1. The molecule has 0 amide bonds. The number of hydrogen-bond acceptors (Lipinski definition) is 3. The second-order valence-corrected chi connectivity index (χ2v) is 7.14. The maximum Gasteiger partial charge on any atom is 0.308 e. The molecule has 1 N–H and O–H groups in total. The van der Waals surface area contributed by atoms with E-state index in [1.165, 1.54) is 4.88 Å². The molecule has 1 aromatic heterocycles. The number of carboxylic acids is 1. The first-order valence-electron chi connectivity index (χ1n) is 5.55. The van der Waals surface area contributed by atoms with Crippen molar-refractivity contribution >= 4 is 33.2 Å². The van der Waals surface area contributed by atoms with Gasteiger partial charge in [-0.15, -0.1) is 11.3 Å². The molecule has 1 rings (SSSR count). The lowest BCUT2D eigenvalue weighted by molar-refractivity contribution is -0.144. The van der Waals surface area contributed by atoms with Gasteiger partial charge in [0.2, 0.25) is 0 Å². The van der Waals surface area contributed by atoms with E-state index < -0.39 is 5.97 Å². The number of nitrogens with zero attached hydrogens (tertiary/aromatic N) is 1. The molecule has 1 unspecified atom stereocenters. The summed E-state index contributed by atoms with van der Waals surface area (Å²) in [5.41, 5.74) is 0. The number of aliphatic carboxylic acids is 1. The van der Waals surface area contributed by atoms with Crippen LogP contribution in [0.15, 0.2) is 15.9 Å². The summed E-state index contributed by atoms with van der Waals surface area (Å²) in [6.45, 7) is 5.29. The Balaban J connectivity index is 2.53. The van der Waals surface area contributed by atoms with E-state index in [-0.39, 0.29) is 11.8 Å². The van der Waals surface area contributed by atoms with Gasteiger partial charge in [0.05, 0.1) is 9.70 Å². The molecule has 0 aliphatic carbocycles. The first kappa shape index (κ1) is 14.7. The van der Waals surface area contributed by atoms with E-state index in [4.69, 9.17) is 5.11 Å². The van der Waals surface area contributed by atoms with E-state index in [1.54, 1.807) is 11.3 Å². The van der Waals surface area contributed by atoms with Gasteiger partial charge >= 0.3 is 5.97 Å². The molecule has 0 aliphatic heterocycles. The maximum atomic E-state index is 11.1. The summed E-state index contributed by atoms with van der Waals surface area (Å²) in [5, 5.41) is 9.13. The number of thiophene rings is 1. The third-order valence-corrected chi connectivity index (χ3v) is 4.29. The van der Waals surface area contributed by atoms with Crippen LogP contribution in [0.4, 0.5) is 0 Å². The molecule has 0 radical (unpaired) electrons. The number of halogens is 1. The average Bonchev–Trinajstić information content (AvgIpc) is 2.59. The van der Waals surface area contributed by atoms with E-state index >= 15 is 0 Å². The highest BCUT2D eigenvalue weighted by Crippen LogP contribution is 2.23. The zero-order valence-electron chi connectivity index (χ0n) is 10.3. The Labute approximate surface area is 115 Å². The highest BCUT2D eigenvalue weighted by Gasteiger charge is 2.23. The van der Waals surface area contributed by atoms with Gasteiger partial charge in [-0.3, -0.25) is 4.79 Å². The van der Waals surface area contributed by atoms with Gasteiger partial charge in [0.15, 0.2) is 0 Å². The van der Waals surface area contributed by atoms with Gasteiger partial charge < -0.3 is 10.0 Å². The predicted octanol–water partition coefficient (Wildman–Crippen LogP) is 3.30. The summed E-state index contributed by atoms with van der Waals surface area (Å²) >= 11 is 5.11. The largest absolute Gasteiger partial charge is 0.481 e. The molecule has 0 aliphatic rings.